The summed E-state index contributed by atoms with van der Waals surface area (Å²) in [6.07, 6.45) is 1.15. The second kappa shape index (κ2) is 5.50. The summed E-state index contributed by atoms with van der Waals surface area (Å²) in [7, 11) is 0. The minimum atomic E-state index is 0.561. The first kappa shape index (κ1) is 12.4. The molecule has 1 aromatic rings. The minimum absolute atomic E-state index is 0.561. The molecule has 1 unspecified atom stereocenters. The van der Waals surface area contributed by atoms with Crippen molar-refractivity contribution in [1.82, 2.24) is 10.3 Å². The van der Waals surface area contributed by atoms with E-state index in [0.29, 0.717) is 5.92 Å². The number of hydrogen-bond acceptors (Lipinski definition) is 3. The van der Waals surface area contributed by atoms with Crippen molar-refractivity contribution in [3.63, 3.8) is 0 Å². The molecule has 0 radical (unpaired) electrons. The van der Waals surface area contributed by atoms with Gasteiger partial charge in [-0.05, 0) is 31.4 Å². The Labute approximate surface area is 104 Å². The van der Waals surface area contributed by atoms with Crippen molar-refractivity contribution >= 4 is 5.69 Å². The normalized spacial score (nSPS) is 18.2. The summed E-state index contributed by atoms with van der Waals surface area (Å²) in [5.74, 6) is 0.561. The van der Waals surface area contributed by atoms with Crippen LogP contribution < -0.4 is 10.2 Å². The van der Waals surface area contributed by atoms with Crippen molar-refractivity contribution in [2.75, 3.05) is 31.1 Å². The Hall–Kier alpha value is -1.09. The van der Waals surface area contributed by atoms with Gasteiger partial charge in [0, 0.05) is 31.9 Å². The zero-order chi connectivity index (χ0) is 12.3. The smallest absolute Gasteiger partial charge is 0.0609 e. The molecular weight excluding hydrogens is 210 g/mol. The highest BCUT2D eigenvalue weighted by Gasteiger charge is 2.14. The first-order chi connectivity index (χ1) is 8.22. The van der Waals surface area contributed by atoms with Gasteiger partial charge in [-0.3, -0.25) is 4.98 Å². The van der Waals surface area contributed by atoms with E-state index in [1.807, 2.05) is 0 Å². The SMILES string of the molecule is CCC(C)c1ccc(N2CCNCC2)c(C)n1. The van der Waals surface area contributed by atoms with Crippen molar-refractivity contribution in [2.24, 2.45) is 0 Å². The molecule has 0 aromatic carbocycles. The highest BCUT2D eigenvalue weighted by Crippen LogP contribution is 2.23. The number of rotatable bonds is 3. The van der Waals surface area contributed by atoms with Crippen LogP contribution in [0.2, 0.25) is 0 Å². The molecule has 0 bridgehead atoms. The van der Waals surface area contributed by atoms with Gasteiger partial charge >= 0.3 is 0 Å². The lowest BCUT2D eigenvalue weighted by Crippen LogP contribution is -2.43. The van der Waals surface area contributed by atoms with Gasteiger partial charge < -0.3 is 10.2 Å². The summed E-state index contributed by atoms with van der Waals surface area (Å²) < 4.78 is 0. The summed E-state index contributed by atoms with van der Waals surface area (Å²) in [5, 5.41) is 3.38. The molecule has 1 fully saturated rings. The first-order valence-electron chi connectivity index (χ1n) is 6.65. The molecule has 0 saturated carbocycles. The minimum Gasteiger partial charge on any atom is -0.368 e. The van der Waals surface area contributed by atoms with E-state index in [-0.39, 0.29) is 0 Å². The molecule has 0 amide bonds. The van der Waals surface area contributed by atoms with Gasteiger partial charge in [0.15, 0.2) is 0 Å². The second-order valence-corrected chi connectivity index (χ2v) is 4.89. The molecule has 0 aliphatic carbocycles. The summed E-state index contributed by atoms with van der Waals surface area (Å²) in [6.45, 7) is 10.9. The monoisotopic (exact) mass is 233 g/mol. The van der Waals surface area contributed by atoms with Crippen molar-refractivity contribution in [3.8, 4) is 0 Å². The fourth-order valence-corrected chi connectivity index (χ4v) is 2.30. The Bertz CT molecular complexity index is 370. The lowest BCUT2D eigenvalue weighted by Gasteiger charge is -2.30. The molecular formula is C14H23N3. The number of pyridine rings is 1. The highest BCUT2D eigenvalue weighted by molar-refractivity contribution is 5.51. The molecule has 1 aromatic heterocycles. The topological polar surface area (TPSA) is 28.2 Å². The van der Waals surface area contributed by atoms with Crippen molar-refractivity contribution in [2.45, 2.75) is 33.1 Å². The fraction of sp³-hybridized carbons (Fsp3) is 0.643. The molecule has 1 aliphatic rings. The molecule has 3 nitrogen and oxygen atoms in total. The summed E-state index contributed by atoms with van der Waals surface area (Å²) in [5.41, 5.74) is 3.70. The number of piperazine rings is 1. The number of aromatic nitrogens is 1. The Kier molecular flexibility index (Phi) is 4.00. The maximum Gasteiger partial charge on any atom is 0.0609 e. The van der Waals surface area contributed by atoms with E-state index in [9.17, 15) is 0 Å². The van der Waals surface area contributed by atoms with Crippen LogP contribution in [0.3, 0.4) is 0 Å². The number of hydrogen-bond donors (Lipinski definition) is 1. The molecule has 17 heavy (non-hydrogen) atoms. The van der Waals surface area contributed by atoms with Crippen LogP contribution in [0.25, 0.3) is 0 Å². The molecule has 2 heterocycles. The third kappa shape index (κ3) is 2.78. The van der Waals surface area contributed by atoms with Gasteiger partial charge in [0.25, 0.3) is 0 Å². The quantitative estimate of drug-likeness (QED) is 0.868. The molecule has 1 aliphatic heterocycles. The molecule has 1 saturated heterocycles. The lowest BCUT2D eigenvalue weighted by molar-refractivity contribution is 0.587. The predicted molar refractivity (Wildman–Crippen MR) is 72.8 cm³/mol. The van der Waals surface area contributed by atoms with Gasteiger partial charge in [-0.1, -0.05) is 13.8 Å². The van der Waals surface area contributed by atoms with E-state index in [2.05, 4.69) is 43.1 Å². The number of nitrogens with one attached hydrogen (secondary N) is 1. The maximum absolute atomic E-state index is 4.76. The molecule has 1 N–H and O–H groups in total. The van der Waals surface area contributed by atoms with Crippen LogP contribution in [0, 0.1) is 6.92 Å². The fourth-order valence-electron chi connectivity index (χ4n) is 2.30. The zero-order valence-corrected chi connectivity index (χ0v) is 11.2. The van der Waals surface area contributed by atoms with E-state index in [0.717, 1.165) is 32.6 Å². The highest BCUT2D eigenvalue weighted by atomic mass is 15.2. The molecule has 1 atom stereocenters. The van der Waals surface area contributed by atoms with E-state index in [1.165, 1.54) is 17.1 Å². The Balaban J connectivity index is 2.18. The number of aryl methyl sites for hydroxylation is 1. The van der Waals surface area contributed by atoms with Crippen molar-refractivity contribution in [1.29, 1.82) is 0 Å². The Morgan fingerprint density at radius 2 is 2.06 bits per heavy atom. The summed E-state index contributed by atoms with van der Waals surface area (Å²) >= 11 is 0. The standard InChI is InChI=1S/C14H23N3/c1-4-11(2)13-5-6-14(12(3)16-13)17-9-7-15-8-10-17/h5-6,11,15H,4,7-10H2,1-3H3. The number of anilines is 1. The van der Waals surface area contributed by atoms with E-state index < -0.39 is 0 Å². The van der Waals surface area contributed by atoms with E-state index >= 15 is 0 Å². The number of nitrogens with zero attached hydrogens (tertiary/aromatic N) is 2. The van der Waals surface area contributed by atoms with Gasteiger partial charge in [0.2, 0.25) is 0 Å². The van der Waals surface area contributed by atoms with E-state index in [1.54, 1.807) is 0 Å². The van der Waals surface area contributed by atoms with Gasteiger partial charge in [-0.2, -0.15) is 0 Å². The summed E-state index contributed by atoms with van der Waals surface area (Å²) in [6, 6.07) is 4.44. The average molecular weight is 233 g/mol. The van der Waals surface area contributed by atoms with Gasteiger partial charge in [0.05, 0.1) is 11.4 Å². The van der Waals surface area contributed by atoms with Gasteiger partial charge in [-0.15, -0.1) is 0 Å². The van der Waals surface area contributed by atoms with Crippen LogP contribution in [-0.2, 0) is 0 Å². The van der Waals surface area contributed by atoms with Crippen molar-refractivity contribution < 1.29 is 0 Å². The van der Waals surface area contributed by atoms with E-state index in [4.69, 9.17) is 4.98 Å². The van der Waals surface area contributed by atoms with Crippen LogP contribution in [0.4, 0.5) is 5.69 Å². The van der Waals surface area contributed by atoms with Crippen LogP contribution in [0.15, 0.2) is 12.1 Å². The maximum atomic E-state index is 4.76. The lowest BCUT2D eigenvalue weighted by atomic mass is 10.0. The molecule has 94 valence electrons. The molecule has 2 rings (SSSR count). The van der Waals surface area contributed by atoms with Crippen LogP contribution in [-0.4, -0.2) is 31.2 Å². The van der Waals surface area contributed by atoms with Crippen LogP contribution in [0.1, 0.15) is 37.6 Å². The Morgan fingerprint density at radius 1 is 1.35 bits per heavy atom. The third-order valence-electron chi connectivity index (χ3n) is 3.65. The Morgan fingerprint density at radius 3 is 2.65 bits per heavy atom. The molecule has 3 heteroatoms. The largest absolute Gasteiger partial charge is 0.368 e. The predicted octanol–water partition coefficient (Wildman–Crippen LogP) is 2.31. The third-order valence-corrected chi connectivity index (χ3v) is 3.65. The molecule has 0 spiro atoms. The van der Waals surface area contributed by atoms with Gasteiger partial charge in [0.1, 0.15) is 0 Å². The van der Waals surface area contributed by atoms with Gasteiger partial charge in [-0.25, -0.2) is 0 Å². The van der Waals surface area contributed by atoms with Crippen molar-refractivity contribution in [3.05, 3.63) is 23.5 Å². The average Bonchev–Trinajstić information content (AvgIpc) is 2.38. The summed E-state index contributed by atoms with van der Waals surface area (Å²) in [4.78, 5) is 7.19. The first-order valence-corrected chi connectivity index (χ1v) is 6.65. The zero-order valence-electron chi connectivity index (χ0n) is 11.2. The van der Waals surface area contributed by atoms with Crippen LogP contribution >= 0.6 is 0 Å². The van der Waals surface area contributed by atoms with Crippen LogP contribution in [0.5, 0.6) is 0 Å². The second-order valence-electron chi connectivity index (χ2n) is 4.89.